The third-order valence-corrected chi connectivity index (χ3v) is 37.2. The van der Waals surface area contributed by atoms with Gasteiger partial charge in [-0.1, -0.05) is 346 Å². The lowest BCUT2D eigenvalue weighted by atomic mass is 9.58. The minimum atomic E-state index is -0.657. The van der Waals surface area contributed by atoms with E-state index < -0.39 is 16.2 Å². The van der Waals surface area contributed by atoms with Crippen LogP contribution in [0.2, 0.25) is 0 Å². The molecule has 15 aliphatic rings. The highest BCUT2D eigenvalue weighted by Gasteiger charge is 2.62. The van der Waals surface area contributed by atoms with Gasteiger partial charge in [0.2, 0.25) is 0 Å². The van der Waals surface area contributed by atoms with E-state index in [-0.39, 0.29) is 45.5 Å². The summed E-state index contributed by atoms with van der Waals surface area (Å²) in [4.78, 5) is 7.89. The molecule has 1 aromatic heterocycles. The van der Waals surface area contributed by atoms with E-state index in [1.807, 2.05) is 23.5 Å². The molecule has 31 rings (SSSR count). The van der Waals surface area contributed by atoms with E-state index in [0.717, 1.165) is 141 Å². The molecule has 0 N–H and O–H groups in total. The van der Waals surface area contributed by atoms with E-state index in [4.69, 9.17) is 13.9 Å². The van der Waals surface area contributed by atoms with Gasteiger partial charge < -0.3 is 23.7 Å². The van der Waals surface area contributed by atoms with E-state index in [1.165, 1.54) is 143 Å². The van der Waals surface area contributed by atoms with Crippen LogP contribution in [-0.4, -0.2) is 10.5 Å². The van der Waals surface area contributed by atoms with Crippen molar-refractivity contribution in [3.63, 3.8) is 0 Å². The smallest absolute Gasteiger partial charge is 0.139 e. The Hall–Kier alpha value is -15.6. The van der Waals surface area contributed by atoms with Crippen molar-refractivity contribution in [1.29, 1.82) is 0 Å². The second kappa shape index (κ2) is 31.4. The molecular formula is C136H96N2O3S2. The molecule has 7 heteroatoms. The van der Waals surface area contributed by atoms with Crippen molar-refractivity contribution in [2.45, 2.75) is 98.7 Å². The topological polar surface area (TPSA) is 38.1 Å². The van der Waals surface area contributed by atoms with Crippen molar-refractivity contribution in [1.82, 2.24) is 0 Å². The zero-order valence-electron chi connectivity index (χ0n) is 78.7. The summed E-state index contributed by atoms with van der Waals surface area (Å²) in [6.45, 7) is 0. The molecule has 0 radical (unpaired) electrons. The molecule has 680 valence electrons. The lowest BCUT2D eigenvalue weighted by Crippen LogP contribution is -2.47. The van der Waals surface area contributed by atoms with Crippen molar-refractivity contribution in [3.8, 4) is 56.0 Å². The van der Waals surface area contributed by atoms with Gasteiger partial charge in [0.05, 0.1) is 16.2 Å². The minimum absolute atomic E-state index is 0.0204. The zero-order chi connectivity index (χ0) is 93.5. The summed E-state index contributed by atoms with van der Waals surface area (Å²) in [7, 11) is 0. The molecule has 0 saturated heterocycles. The molecule has 5 nitrogen and oxygen atoms in total. The molecule has 4 aliphatic heterocycles. The SMILES string of the molecule is C1=CC2Sc3ccccc3C3(c4ccccc4-c4ccc(N(c5ccc6c(c5)C5(C7=C(C=CCC7)Oc7c(C8=CC(c9cc(-c%10ccccc%10)cc(-c%10ccc(N(C%11=CC%12C(C=C%11)c%11ccccc%11C%12%11c%12ccccc%12SC%12C=CC=CC%12%11)c%11ccc%12c(c%11)C%11(C%13=C(CCC=C%13)Oc%13ccccc%13%11)c%11ccccc%11-%12)cc%10)c9)CC=C8)cccc75)C5=C6C=CCC5)c5ccc6oc7ccccc7c6c5)cc43)C2C=C1. The van der Waals surface area contributed by atoms with Crippen LogP contribution in [0.1, 0.15) is 135 Å². The van der Waals surface area contributed by atoms with Crippen molar-refractivity contribution >= 4 is 85.0 Å². The Balaban J connectivity index is 0.548. The number of thioether (sulfide) groups is 2. The number of para-hydroxylation sites is 3. The zero-order valence-corrected chi connectivity index (χ0v) is 80.4. The fraction of sp³-hybridized carbons (Fsp3) is 0.132. The first-order valence-corrected chi connectivity index (χ1v) is 53.0. The van der Waals surface area contributed by atoms with Crippen molar-refractivity contribution in [2.24, 2.45) is 17.8 Å². The van der Waals surface area contributed by atoms with Gasteiger partial charge in [0.15, 0.2) is 0 Å². The number of anilines is 5. The number of furan rings is 1. The minimum Gasteiger partial charge on any atom is -0.461 e. The van der Waals surface area contributed by atoms with Crippen LogP contribution in [0.4, 0.5) is 28.4 Å². The van der Waals surface area contributed by atoms with Gasteiger partial charge in [0.1, 0.15) is 34.2 Å². The summed E-state index contributed by atoms with van der Waals surface area (Å²) in [6.07, 6.45) is 54.8. The quantitative estimate of drug-likeness (QED) is 0.135. The van der Waals surface area contributed by atoms with Crippen molar-refractivity contribution < 1.29 is 13.9 Å². The van der Waals surface area contributed by atoms with Gasteiger partial charge in [0, 0.05) is 129 Å². The Kier molecular flexibility index (Phi) is 18.0. The van der Waals surface area contributed by atoms with Gasteiger partial charge >= 0.3 is 0 Å². The number of hydrogen-bond donors (Lipinski definition) is 0. The summed E-state index contributed by atoms with van der Waals surface area (Å²) in [6, 6.07) is 128. The molecule has 143 heavy (non-hydrogen) atoms. The second-order valence-corrected chi connectivity index (χ2v) is 43.6. The van der Waals surface area contributed by atoms with E-state index >= 15 is 0 Å². The fourth-order valence-corrected chi connectivity index (χ4v) is 31.8. The van der Waals surface area contributed by atoms with Crippen LogP contribution in [0.15, 0.2) is 503 Å². The average Bonchev–Trinajstić information content (AvgIpc) is 1.53. The molecule has 0 amide bonds. The molecule has 4 spiro atoms. The lowest BCUT2D eigenvalue weighted by molar-refractivity contribution is 0.294. The molecule has 0 saturated carbocycles. The second-order valence-electron chi connectivity index (χ2n) is 41.1. The number of fused-ring (bicyclic) bond motifs is 36. The highest BCUT2D eigenvalue weighted by molar-refractivity contribution is 8.00. The first kappa shape index (κ1) is 82.1. The van der Waals surface area contributed by atoms with E-state index in [9.17, 15) is 0 Å². The van der Waals surface area contributed by atoms with E-state index in [0.29, 0.717) is 0 Å². The average molecular weight is 1870 g/mol. The predicted molar refractivity (Wildman–Crippen MR) is 587 cm³/mol. The Labute approximate surface area is 841 Å². The van der Waals surface area contributed by atoms with Crippen molar-refractivity contribution in [2.75, 3.05) is 9.80 Å². The number of allylic oxidation sites excluding steroid dienone is 24. The van der Waals surface area contributed by atoms with Crippen LogP contribution in [0.3, 0.4) is 0 Å². The molecule has 11 atom stereocenters. The summed E-state index contributed by atoms with van der Waals surface area (Å²) in [5.74, 6) is 4.53. The predicted octanol–water partition coefficient (Wildman–Crippen LogP) is 34.3. The van der Waals surface area contributed by atoms with Gasteiger partial charge in [-0.25, -0.2) is 0 Å². The standard InChI is InChI=1S/C136H96N2O3S2/c1-2-30-83(31-3-1)87-75-88(84-60-62-90(63-61-84)137(92-64-69-101-97-34-4-9-40-107(97)133(119(101)79-92)111-44-13-21-53-125(111)140-126-54-22-14-45-112(126)133)93-65-70-103-99-36-6-11-42-109(99)135(121(103)80-93)114-47-16-24-56-128(114)142-129-57-25-17-48-115(129)135)77-89(76-87)85-32-28-33-86(74-85)96-39-29-51-118-132(96)141-127-55-23-15-46-113(127)134(118)108-41-10-5-35-98(108)102-71-66-94(81-120(102)134)138(91-68-73-124-106(78-91)105-38-8-20-52-123(105)139-124)95-67-72-104-100-37-7-12-43-110(100)136(122(104)82-95)116-49-18-26-58-130(116)143-131-59-27-19-50-117(131)136/h1-9,11-14,16-21,23-31,33-40,42-45,47-53,55-82,85,103,114,116,121,128,130H,10,15,22,32,41,46,54H2. The Morgan fingerprint density at radius 2 is 0.923 bits per heavy atom. The Bertz CT molecular complexity index is 8790. The maximum absolute atomic E-state index is 7.77. The first-order chi connectivity index (χ1) is 70.8. The molecule has 11 unspecified atom stereocenters. The van der Waals surface area contributed by atoms with Gasteiger partial charge in [-0.2, -0.15) is 0 Å². The third-order valence-electron chi connectivity index (χ3n) is 34.5. The largest absolute Gasteiger partial charge is 0.461 e. The number of rotatable bonds is 10. The molecule has 5 heterocycles. The Morgan fingerprint density at radius 3 is 1.75 bits per heavy atom. The monoisotopic (exact) mass is 1870 g/mol. The van der Waals surface area contributed by atoms with E-state index in [2.05, 4.69) is 465 Å². The van der Waals surface area contributed by atoms with Crippen molar-refractivity contribution in [3.05, 3.63) is 567 Å². The number of ether oxygens (including phenoxy) is 2. The summed E-state index contributed by atoms with van der Waals surface area (Å²) in [5.41, 5.74) is 40.9. The lowest BCUT2D eigenvalue weighted by Gasteiger charge is -2.50. The van der Waals surface area contributed by atoms with Crippen LogP contribution in [-0.2, 0) is 21.7 Å². The molecule has 16 aromatic rings. The number of nitrogens with zero attached hydrogens (tertiary/aromatic N) is 2. The fourth-order valence-electron chi connectivity index (χ4n) is 28.9. The molecule has 0 bridgehead atoms. The molecule has 11 aliphatic carbocycles. The first-order valence-electron chi connectivity index (χ1n) is 51.2. The van der Waals surface area contributed by atoms with Crippen LogP contribution >= 0.6 is 23.5 Å². The summed E-state index contributed by atoms with van der Waals surface area (Å²) >= 11 is 4.04. The van der Waals surface area contributed by atoms with Gasteiger partial charge in [-0.15, -0.1) is 23.5 Å². The number of hydrogen-bond acceptors (Lipinski definition) is 7. The van der Waals surface area contributed by atoms with E-state index in [1.54, 1.807) is 0 Å². The third kappa shape index (κ3) is 11.5. The highest BCUT2D eigenvalue weighted by Crippen LogP contribution is 2.71. The molecule has 0 fully saturated rings. The normalized spacial score (nSPS) is 24.4. The van der Waals surface area contributed by atoms with Gasteiger partial charge in [0.25, 0.3) is 0 Å². The molecule has 15 aromatic carbocycles. The Morgan fingerprint density at radius 1 is 0.336 bits per heavy atom. The van der Waals surface area contributed by atoms with Crippen LogP contribution in [0, 0.1) is 17.8 Å². The van der Waals surface area contributed by atoms with Crippen LogP contribution in [0.5, 0.6) is 11.5 Å². The van der Waals surface area contributed by atoms with Gasteiger partial charge in [-0.3, -0.25) is 0 Å². The number of benzene rings is 15. The van der Waals surface area contributed by atoms with Crippen LogP contribution < -0.4 is 19.3 Å². The summed E-state index contributed by atoms with van der Waals surface area (Å²) in [5, 5.41) is 2.71. The van der Waals surface area contributed by atoms with Gasteiger partial charge in [-0.05, 0) is 276 Å². The van der Waals surface area contributed by atoms with Crippen LogP contribution in [0.25, 0.3) is 77.6 Å². The maximum atomic E-state index is 7.77. The molecular weight excluding hydrogens is 1770 g/mol. The maximum Gasteiger partial charge on any atom is 0.139 e. The highest BCUT2D eigenvalue weighted by atomic mass is 32.2. The summed E-state index contributed by atoms with van der Waals surface area (Å²) < 4.78 is 21.5.